The molecule has 0 radical (unpaired) electrons. The number of benzene rings is 2. The molecule has 1 heterocycles. The molecule has 0 aliphatic heterocycles. The molecule has 3 nitrogen and oxygen atoms in total. The monoisotopic (exact) mass is 284 g/mol. The van der Waals surface area contributed by atoms with Crippen LogP contribution in [0.1, 0.15) is 5.56 Å². The predicted octanol–water partition coefficient (Wildman–Crippen LogP) is 3.29. The third kappa shape index (κ3) is 2.17. The number of nitrogen functional groups attached to an aromatic ring is 1. The largest absolute Gasteiger partial charge is 0.385 e. The van der Waals surface area contributed by atoms with Crippen LogP contribution in [0.5, 0.6) is 0 Å². The highest BCUT2D eigenvalue weighted by Gasteiger charge is 2.08. The smallest absolute Gasteiger partial charge is 0.260 e. The van der Waals surface area contributed by atoms with Gasteiger partial charge in [-0.2, -0.15) is 0 Å². The number of anilines is 1. The van der Waals surface area contributed by atoms with Crippen molar-refractivity contribution < 1.29 is 0 Å². The second-order valence-corrected chi connectivity index (χ2v) is 5.05. The summed E-state index contributed by atoms with van der Waals surface area (Å²) in [6, 6.07) is 16.7. The molecular weight excluding hydrogens is 272 g/mol. The molecular formula is C16H13ClN2O. The standard InChI is InChI=1S/C16H13ClN2O/c17-14-8-4-2-6-12(14)10-19-15(18)9-11-5-1-3-7-13(11)16(19)20/h1-9H,10,18H2. The molecule has 0 saturated carbocycles. The van der Waals surface area contributed by atoms with Crippen molar-refractivity contribution in [2.24, 2.45) is 0 Å². The summed E-state index contributed by atoms with van der Waals surface area (Å²) in [7, 11) is 0. The molecule has 4 heteroatoms. The zero-order chi connectivity index (χ0) is 14.1. The molecule has 3 rings (SSSR count). The molecule has 0 spiro atoms. The first-order valence-electron chi connectivity index (χ1n) is 6.28. The van der Waals surface area contributed by atoms with Crippen LogP contribution in [0.4, 0.5) is 5.82 Å². The maximum atomic E-state index is 12.5. The summed E-state index contributed by atoms with van der Waals surface area (Å²) in [5.74, 6) is 0.439. The first-order chi connectivity index (χ1) is 9.66. The second kappa shape index (κ2) is 5.02. The quantitative estimate of drug-likeness (QED) is 0.785. The van der Waals surface area contributed by atoms with Crippen molar-refractivity contribution >= 4 is 28.2 Å². The second-order valence-electron chi connectivity index (χ2n) is 4.64. The first-order valence-corrected chi connectivity index (χ1v) is 6.66. The molecule has 0 aliphatic rings. The van der Waals surface area contributed by atoms with E-state index in [2.05, 4.69) is 0 Å². The lowest BCUT2D eigenvalue weighted by molar-refractivity contribution is 0.780. The Kier molecular flexibility index (Phi) is 3.20. The van der Waals surface area contributed by atoms with Gasteiger partial charge in [0.15, 0.2) is 0 Å². The van der Waals surface area contributed by atoms with Crippen molar-refractivity contribution in [1.29, 1.82) is 0 Å². The van der Waals surface area contributed by atoms with Crippen molar-refractivity contribution in [2.75, 3.05) is 5.73 Å². The van der Waals surface area contributed by atoms with Gasteiger partial charge < -0.3 is 5.73 Å². The number of nitrogens with zero attached hydrogens (tertiary/aromatic N) is 1. The minimum atomic E-state index is -0.0967. The van der Waals surface area contributed by atoms with Crippen LogP contribution in [-0.4, -0.2) is 4.57 Å². The number of aromatic nitrogens is 1. The summed E-state index contributed by atoms with van der Waals surface area (Å²) < 4.78 is 1.55. The highest BCUT2D eigenvalue weighted by atomic mass is 35.5. The van der Waals surface area contributed by atoms with Crippen molar-refractivity contribution in [3.63, 3.8) is 0 Å². The number of halogens is 1. The van der Waals surface area contributed by atoms with Crippen molar-refractivity contribution in [1.82, 2.24) is 4.57 Å². The number of hydrogen-bond acceptors (Lipinski definition) is 2. The Bertz CT molecular complexity index is 839. The number of rotatable bonds is 2. The van der Waals surface area contributed by atoms with Crippen LogP contribution >= 0.6 is 11.6 Å². The molecule has 3 aromatic rings. The van der Waals surface area contributed by atoms with Crippen LogP contribution in [0.25, 0.3) is 10.8 Å². The Morgan fingerprint density at radius 1 is 1.05 bits per heavy atom. The fourth-order valence-electron chi connectivity index (χ4n) is 2.28. The summed E-state index contributed by atoms with van der Waals surface area (Å²) in [6.45, 7) is 0.370. The molecule has 0 saturated heterocycles. The van der Waals surface area contributed by atoms with E-state index >= 15 is 0 Å². The van der Waals surface area contributed by atoms with Gasteiger partial charge in [0.1, 0.15) is 5.82 Å². The van der Waals surface area contributed by atoms with Crippen LogP contribution in [0.2, 0.25) is 5.02 Å². The molecule has 0 atom stereocenters. The highest BCUT2D eigenvalue weighted by molar-refractivity contribution is 6.31. The Hall–Kier alpha value is -2.26. The summed E-state index contributed by atoms with van der Waals surface area (Å²) in [6.07, 6.45) is 0. The van der Waals surface area contributed by atoms with Gasteiger partial charge in [0.25, 0.3) is 5.56 Å². The highest BCUT2D eigenvalue weighted by Crippen LogP contribution is 2.19. The Morgan fingerprint density at radius 3 is 2.55 bits per heavy atom. The number of pyridine rings is 1. The molecule has 0 aliphatic carbocycles. The van der Waals surface area contributed by atoms with Gasteiger partial charge in [0.05, 0.1) is 6.54 Å². The van der Waals surface area contributed by atoms with Crippen molar-refractivity contribution in [3.8, 4) is 0 Å². The fraction of sp³-hybridized carbons (Fsp3) is 0.0625. The van der Waals surface area contributed by atoms with E-state index in [-0.39, 0.29) is 5.56 Å². The summed E-state index contributed by atoms with van der Waals surface area (Å²) in [5, 5.41) is 2.14. The Balaban J connectivity index is 2.17. The van der Waals surface area contributed by atoms with E-state index in [9.17, 15) is 4.79 Å². The average molecular weight is 285 g/mol. The van der Waals surface area contributed by atoms with Gasteiger partial charge in [-0.25, -0.2) is 0 Å². The normalized spacial score (nSPS) is 10.8. The number of nitrogens with two attached hydrogens (primary N) is 1. The third-order valence-electron chi connectivity index (χ3n) is 3.34. The lowest BCUT2D eigenvalue weighted by Gasteiger charge is -2.12. The lowest BCUT2D eigenvalue weighted by Crippen LogP contribution is -2.23. The molecule has 0 fully saturated rings. The molecule has 100 valence electrons. The Morgan fingerprint density at radius 2 is 1.75 bits per heavy atom. The van der Waals surface area contributed by atoms with Crippen LogP contribution < -0.4 is 11.3 Å². The fourth-order valence-corrected chi connectivity index (χ4v) is 2.47. The maximum absolute atomic E-state index is 12.5. The van der Waals surface area contributed by atoms with Gasteiger partial charge in [-0.1, -0.05) is 48.0 Å². The van der Waals surface area contributed by atoms with Gasteiger partial charge in [-0.05, 0) is 29.1 Å². The summed E-state index contributed by atoms with van der Waals surface area (Å²) >= 11 is 6.14. The molecule has 2 aromatic carbocycles. The molecule has 0 unspecified atom stereocenters. The van der Waals surface area contributed by atoms with Gasteiger partial charge in [-0.3, -0.25) is 9.36 Å². The topological polar surface area (TPSA) is 48.0 Å². The molecule has 1 aromatic heterocycles. The SMILES string of the molecule is Nc1cc2ccccc2c(=O)n1Cc1ccccc1Cl. The van der Waals surface area contributed by atoms with Gasteiger partial charge >= 0.3 is 0 Å². The van der Waals surface area contributed by atoms with Crippen LogP contribution in [0.3, 0.4) is 0 Å². The van der Waals surface area contributed by atoms with E-state index < -0.39 is 0 Å². The molecule has 20 heavy (non-hydrogen) atoms. The minimum absolute atomic E-state index is 0.0967. The summed E-state index contributed by atoms with van der Waals surface area (Å²) in [5.41, 5.74) is 6.78. The zero-order valence-corrected chi connectivity index (χ0v) is 11.5. The van der Waals surface area contributed by atoms with E-state index in [1.807, 2.05) is 42.5 Å². The van der Waals surface area contributed by atoms with Crippen LogP contribution in [-0.2, 0) is 6.54 Å². The number of hydrogen-bond donors (Lipinski definition) is 1. The van der Waals surface area contributed by atoms with Crippen molar-refractivity contribution in [2.45, 2.75) is 6.54 Å². The Labute approximate surface area is 121 Å². The number of fused-ring (bicyclic) bond motifs is 1. The van der Waals surface area contributed by atoms with Gasteiger partial charge in [0.2, 0.25) is 0 Å². The first kappa shape index (κ1) is 12.8. The molecule has 0 bridgehead atoms. The lowest BCUT2D eigenvalue weighted by atomic mass is 10.1. The average Bonchev–Trinajstić information content (AvgIpc) is 2.45. The van der Waals surface area contributed by atoms with E-state index in [0.717, 1.165) is 10.9 Å². The van der Waals surface area contributed by atoms with E-state index in [0.29, 0.717) is 22.8 Å². The molecule has 2 N–H and O–H groups in total. The van der Waals surface area contributed by atoms with E-state index in [4.69, 9.17) is 17.3 Å². The van der Waals surface area contributed by atoms with Crippen LogP contribution in [0, 0.1) is 0 Å². The molecule has 0 amide bonds. The van der Waals surface area contributed by atoms with E-state index in [1.54, 1.807) is 16.7 Å². The van der Waals surface area contributed by atoms with Gasteiger partial charge in [0, 0.05) is 10.4 Å². The zero-order valence-electron chi connectivity index (χ0n) is 10.7. The van der Waals surface area contributed by atoms with Crippen LogP contribution in [0.15, 0.2) is 59.4 Å². The minimum Gasteiger partial charge on any atom is -0.385 e. The maximum Gasteiger partial charge on any atom is 0.260 e. The van der Waals surface area contributed by atoms with Gasteiger partial charge in [-0.15, -0.1) is 0 Å². The summed E-state index contributed by atoms with van der Waals surface area (Å²) in [4.78, 5) is 12.5. The van der Waals surface area contributed by atoms with E-state index in [1.165, 1.54) is 0 Å². The third-order valence-corrected chi connectivity index (χ3v) is 3.71. The van der Waals surface area contributed by atoms with Crippen molar-refractivity contribution in [3.05, 3.63) is 75.5 Å². The predicted molar refractivity (Wildman–Crippen MR) is 83.2 cm³/mol.